The topological polar surface area (TPSA) is 57.4 Å². The summed E-state index contributed by atoms with van der Waals surface area (Å²) in [6.45, 7) is 2.09. The molecular weight excluding hydrogens is 212 g/mol. The molecule has 84 valence electrons. The van der Waals surface area contributed by atoms with Gasteiger partial charge < -0.3 is 0 Å². The van der Waals surface area contributed by atoms with E-state index in [4.69, 9.17) is 0 Å². The van der Waals surface area contributed by atoms with Crippen LogP contribution < -0.4 is 0 Å². The Morgan fingerprint density at radius 3 is 2.24 bits per heavy atom. The molecule has 0 aliphatic rings. The molecule has 0 saturated carbocycles. The zero-order chi connectivity index (χ0) is 11.7. The summed E-state index contributed by atoms with van der Waals surface area (Å²) < 4.78 is 0. The van der Waals surface area contributed by atoms with Crippen molar-refractivity contribution >= 4 is 0 Å². The number of hydrogen-bond acceptors (Lipinski definition) is 2. The molecule has 17 heavy (non-hydrogen) atoms. The average Bonchev–Trinajstić information content (AvgIpc) is 3.02. The minimum atomic E-state index is 1.01. The number of H-pyrrole nitrogens is 2. The van der Waals surface area contributed by atoms with Crippen LogP contribution in [0.2, 0.25) is 0 Å². The molecule has 1 aromatic carbocycles. The van der Waals surface area contributed by atoms with Crippen LogP contribution in [0.1, 0.15) is 5.56 Å². The van der Waals surface area contributed by atoms with Gasteiger partial charge in [0.15, 0.2) is 0 Å². The second kappa shape index (κ2) is 3.90. The highest BCUT2D eigenvalue weighted by Gasteiger charge is 2.11. The molecule has 4 heteroatoms. The summed E-state index contributed by atoms with van der Waals surface area (Å²) in [5.41, 5.74) is 5.54. The van der Waals surface area contributed by atoms with Gasteiger partial charge >= 0.3 is 0 Å². The predicted octanol–water partition coefficient (Wildman–Crippen LogP) is 2.78. The smallest absolute Gasteiger partial charge is 0.0659 e. The van der Waals surface area contributed by atoms with Gasteiger partial charge in [0.25, 0.3) is 0 Å². The van der Waals surface area contributed by atoms with E-state index in [9.17, 15) is 0 Å². The molecule has 2 heterocycles. The second-order valence-corrected chi connectivity index (χ2v) is 3.94. The molecule has 4 nitrogen and oxygen atoms in total. The highest BCUT2D eigenvalue weighted by atomic mass is 15.1. The molecule has 0 saturated heterocycles. The molecule has 0 atom stereocenters. The lowest BCUT2D eigenvalue weighted by Gasteiger charge is -2.09. The third-order valence-corrected chi connectivity index (χ3v) is 2.83. The number of nitrogens with one attached hydrogen (secondary N) is 2. The van der Waals surface area contributed by atoms with E-state index in [-0.39, 0.29) is 0 Å². The zero-order valence-corrected chi connectivity index (χ0v) is 9.44. The van der Waals surface area contributed by atoms with E-state index in [1.54, 1.807) is 12.4 Å². The van der Waals surface area contributed by atoms with Crippen molar-refractivity contribution in [3.8, 4) is 22.5 Å². The fraction of sp³-hybridized carbons (Fsp3) is 0.0769. The molecule has 0 aliphatic carbocycles. The normalized spacial score (nSPS) is 10.6. The maximum absolute atomic E-state index is 4.01. The van der Waals surface area contributed by atoms with E-state index >= 15 is 0 Å². The van der Waals surface area contributed by atoms with Gasteiger partial charge in [0.05, 0.1) is 11.4 Å². The summed E-state index contributed by atoms with van der Waals surface area (Å²) >= 11 is 0. The van der Waals surface area contributed by atoms with Crippen molar-refractivity contribution in [2.75, 3.05) is 0 Å². The first kappa shape index (κ1) is 9.84. The van der Waals surface area contributed by atoms with Crippen LogP contribution in [-0.2, 0) is 0 Å². The van der Waals surface area contributed by atoms with E-state index in [0.29, 0.717) is 0 Å². The molecule has 0 unspecified atom stereocenters. The number of rotatable bonds is 2. The van der Waals surface area contributed by atoms with Gasteiger partial charge in [0.2, 0.25) is 0 Å². The molecule has 0 amide bonds. The van der Waals surface area contributed by atoms with Crippen LogP contribution in [-0.4, -0.2) is 20.4 Å². The van der Waals surface area contributed by atoms with Gasteiger partial charge in [-0.2, -0.15) is 10.2 Å². The Morgan fingerprint density at radius 2 is 1.59 bits per heavy atom. The number of aryl methyl sites for hydroxylation is 1. The van der Waals surface area contributed by atoms with E-state index in [1.165, 1.54) is 5.56 Å². The lowest BCUT2D eigenvalue weighted by molar-refractivity contribution is 1.09. The van der Waals surface area contributed by atoms with Crippen molar-refractivity contribution in [1.29, 1.82) is 0 Å². The average molecular weight is 224 g/mol. The number of nitrogens with zero attached hydrogens (tertiary/aromatic N) is 2. The van der Waals surface area contributed by atoms with Crippen molar-refractivity contribution in [1.82, 2.24) is 20.4 Å². The standard InChI is InChI=1S/C13H12N4/c1-9-3-2-4-10(11-5-7-14-16-11)13(9)12-6-8-15-17-12/h2-8H,1H3,(H,14,16)(H,15,17). The molecule has 2 aromatic heterocycles. The predicted molar refractivity (Wildman–Crippen MR) is 66.3 cm³/mol. The van der Waals surface area contributed by atoms with Gasteiger partial charge in [0, 0.05) is 23.5 Å². The Bertz CT molecular complexity index is 609. The molecule has 0 aliphatic heterocycles. The van der Waals surface area contributed by atoms with Gasteiger partial charge in [-0.1, -0.05) is 18.2 Å². The fourth-order valence-electron chi connectivity index (χ4n) is 2.05. The minimum Gasteiger partial charge on any atom is -0.278 e. The van der Waals surface area contributed by atoms with E-state index in [1.807, 2.05) is 18.2 Å². The fourth-order valence-corrected chi connectivity index (χ4v) is 2.05. The van der Waals surface area contributed by atoms with Crippen LogP contribution in [0.4, 0.5) is 0 Å². The van der Waals surface area contributed by atoms with Crippen LogP contribution in [0, 0.1) is 6.92 Å². The Morgan fingerprint density at radius 1 is 0.882 bits per heavy atom. The quantitative estimate of drug-likeness (QED) is 0.703. The third kappa shape index (κ3) is 1.63. The summed E-state index contributed by atoms with van der Waals surface area (Å²) in [4.78, 5) is 0. The second-order valence-electron chi connectivity index (χ2n) is 3.94. The molecule has 0 bridgehead atoms. The monoisotopic (exact) mass is 224 g/mol. The lowest BCUT2D eigenvalue weighted by atomic mass is 9.97. The largest absolute Gasteiger partial charge is 0.278 e. The minimum absolute atomic E-state index is 1.01. The molecule has 0 fully saturated rings. The van der Waals surface area contributed by atoms with Crippen molar-refractivity contribution in [3.05, 3.63) is 48.3 Å². The van der Waals surface area contributed by atoms with Crippen LogP contribution in [0.3, 0.4) is 0 Å². The zero-order valence-electron chi connectivity index (χ0n) is 9.44. The SMILES string of the molecule is Cc1cccc(-c2ccn[nH]2)c1-c1ccn[nH]1. The van der Waals surface area contributed by atoms with Crippen molar-refractivity contribution in [2.45, 2.75) is 6.92 Å². The summed E-state index contributed by atoms with van der Waals surface area (Å²) in [6.07, 6.45) is 3.52. The molecule has 3 rings (SSSR count). The summed E-state index contributed by atoms with van der Waals surface area (Å²) in [5.74, 6) is 0. The van der Waals surface area contributed by atoms with E-state index in [0.717, 1.165) is 22.5 Å². The summed E-state index contributed by atoms with van der Waals surface area (Å²) in [7, 11) is 0. The van der Waals surface area contributed by atoms with Crippen molar-refractivity contribution in [3.63, 3.8) is 0 Å². The number of hydrogen-bond donors (Lipinski definition) is 2. The molecule has 3 aromatic rings. The van der Waals surface area contributed by atoms with Gasteiger partial charge in [-0.05, 0) is 24.6 Å². The summed E-state index contributed by atoms with van der Waals surface area (Å²) in [6, 6.07) is 10.2. The molecule has 0 spiro atoms. The first-order valence-corrected chi connectivity index (χ1v) is 5.45. The summed E-state index contributed by atoms with van der Waals surface area (Å²) in [5, 5.41) is 14.0. The Hall–Kier alpha value is -2.36. The van der Waals surface area contributed by atoms with Gasteiger partial charge in [-0.15, -0.1) is 0 Å². The van der Waals surface area contributed by atoms with Gasteiger partial charge in [-0.25, -0.2) is 0 Å². The number of aromatic nitrogens is 4. The number of aromatic amines is 2. The first-order chi connectivity index (χ1) is 8.36. The maximum atomic E-state index is 4.01. The van der Waals surface area contributed by atoms with Crippen LogP contribution in [0.15, 0.2) is 42.7 Å². The van der Waals surface area contributed by atoms with Crippen LogP contribution in [0.5, 0.6) is 0 Å². The van der Waals surface area contributed by atoms with E-state index < -0.39 is 0 Å². The van der Waals surface area contributed by atoms with Crippen molar-refractivity contribution in [2.24, 2.45) is 0 Å². The van der Waals surface area contributed by atoms with Crippen LogP contribution in [0.25, 0.3) is 22.5 Å². The Labute approximate surface area is 98.7 Å². The van der Waals surface area contributed by atoms with Crippen molar-refractivity contribution < 1.29 is 0 Å². The molecule has 0 radical (unpaired) electrons. The highest BCUT2D eigenvalue weighted by Crippen LogP contribution is 2.32. The first-order valence-electron chi connectivity index (χ1n) is 5.45. The molecule has 2 N–H and O–H groups in total. The maximum Gasteiger partial charge on any atom is 0.0659 e. The molecular formula is C13H12N4. The third-order valence-electron chi connectivity index (χ3n) is 2.83. The van der Waals surface area contributed by atoms with Crippen LogP contribution >= 0.6 is 0 Å². The van der Waals surface area contributed by atoms with E-state index in [2.05, 4.69) is 39.5 Å². The highest BCUT2D eigenvalue weighted by molar-refractivity contribution is 5.82. The number of benzene rings is 1. The van der Waals surface area contributed by atoms with Gasteiger partial charge in [0.1, 0.15) is 0 Å². The Balaban J connectivity index is 2.26. The lowest BCUT2D eigenvalue weighted by Crippen LogP contribution is -1.89. The van der Waals surface area contributed by atoms with Gasteiger partial charge in [-0.3, -0.25) is 10.2 Å². The Kier molecular flexibility index (Phi) is 2.26.